The Hall–Kier alpha value is -4.19. The molecule has 1 aromatic heterocycles. The molecule has 0 radical (unpaired) electrons. The van der Waals surface area contributed by atoms with E-state index in [-0.39, 0.29) is 18.4 Å². The van der Waals surface area contributed by atoms with Crippen molar-refractivity contribution in [1.29, 1.82) is 0 Å². The van der Waals surface area contributed by atoms with Crippen molar-refractivity contribution in [3.63, 3.8) is 0 Å². The van der Waals surface area contributed by atoms with Gasteiger partial charge in [0.25, 0.3) is 0 Å². The number of aromatic nitrogens is 2. The van der Waals surface area contributed by atoms with Crippen LogP contribution in [0.5, 0.6) is 0 Å². The van der Waals surface area contributed by atoms with Crippen LogP contribution in [0.2, 0.25) is 0 Å². The van der Waals surface area contributed by atoms with Gasteiger partial charge in [0, 0.05) is 31.8 Å². The number of amides is 2. The maximum Gasteiger partial charge on any atom is 0.246 e. The van der Waals surface area contributed by atoms with Gasteiger partial charge in [-0.2, -0.15) is 0 Å². The summed E-state index contributed by atoms with van der Waals surface area (Å²) in [6, 6.07) is 27.1. The van der Waals surface area contributed by atoms with E-state index in [1.807, 2.05) is 89.5 Å². The smallest absolute Gasteiger partial charge is 0.246 e. The molecular formula is C28H28N4O2. The summed E-state index contributed by atoms with van der Waals surface area (Å²) >= 11 is 0. The Labute approximate surface area is 199 Å². The van der Waals surface area contributed by atoms with Crippen LogP contribution in [0.1, 0.15) is 17.8 Å². The summed E-state index contributed by atoms with van der Waals surface area (Å²) in [5.41, 5.74) is 3.63. The molecular weight excluding hydrogens is 424 g/mol. The third-order valence-electron chi connectivity index (χ3n) is 5.65. The van der Waals surface area contributed by atoms with Crippen molar-refractivity contribution in [3.8, 4) is 0 Å². The molecule has 4 rings (SSSR count). The largest absolute Gasteiger partial charge is 0.353 e. The molecule has 6 nitrogen and oxygen atoms in total. The second kappa shape index (κ2) is 11.1. The Kier molecular flexibility index (Phi) is 7.50. The molecule has 0 aliphatic heterocycles. The molecule has 0 aliphatic carbocycles. The van der Waals surface area contributed by atoms with Gasteiger partial charge in [-0.25, -0.2) is 4.98 Å². The topological polar surface area (TPSA) is 67.2 Å². The normalized spacial score (nSPS) is 11.1. The van der Waals surface area contributed by atoms with Gasteiger partial charge >= 0.3 is 0 Å². The Bertz CT molecular complexity index is 1280. The fraction of sp³-hybridized carbons (Fsp3) is 0.179. The predicted molar refractivity (Wildman–Crippen MR) is 136 cm³/mol. The summed E-state index contributed by atoms with van der Waals surface area (Å²) in [6.45, 7) is 0.729. The molecule has 0 bridgehead atoms. The fourth-order valence-corrected chi connectivity index (χ4v) is 3.78. The van der Waals surface area contributed by atoms with E-state index in [4.69, 9.17) is 4.98 Å². The number of nitrogens with zero attached hydrogens (tertiary/aromatic N) is 3. The first kappa shape index (κ1) is 23.0. The number of fused-ring (bicyclic) bond motifs is 1. The van der Waals surface area contributed by atoms with Crippen molar-refractivity contribution >= 4 is 34.6 Å². The van der Waals surface area contributed by atoms with E-state index in [0.717, 1.165) is 34.5 Å². The molecule has 0 spiro atoms. The average Bonchev–Trinajstić information content (AvgIpc) is 3.23. The molecule has 2 amide bonds. The van der Waals surface area contributed by atoms with Crippen LogP contribution in [-0.4, -0.2) is 35.0 Å². The number of aryl methyl sites for hydroxylation is 1. The van der Waals surface area contributed by atoms with Crippen LogP contribution < -0.4 is 10.2 Å². The van der Waals surface area contributed by atoms with Crippen molar-refractivity contribution in [3.05, 3.63) is 102 Å². The van der Waals surface area contributed by atoms with E-state index in [0.29, 0.717) is 13.0 Å². The van der Waals surface area contributed by atoms with E-state index >= 15 is 0 Å². The van der Waals surface area contributed by atoms with Gasteiger partial charge in [-0.1, -0.05) is 60.7 Å². The number of anilines is 1. The molecule has 6 heteroatoms. The summed E-state index contributed by atoms with van der Waals surface area (Å²) in [5.74, 6) is 0.692. The van der Waals surface area contributed by atoms with Gasteiger partial charge in [0.05, 0.1) is 11.0 Å². The molecule has 0 unspecified atom stereocenters. The van der Waals surface area contributed by atoms with Gasteiger partial charge in [0.1, 0.15) is 12.4 Å². The molecule has 34 heavy (non-hydrogen) atoms. The molecule has 4 aromatic rings. The molecule has 1 heterocycles. The third-order valence-corrected chi connectivity index (χ3v) is 5.65. The van der Waals surface area contributed by atoms with E-state index in [9.17, 15) is 9.59 Å². The highest BCUT2D eigenvalue weighted by Gasteiger charge is 2.17. The Balaban J connectivity index is 1.38. The number of hydrogen-bond donors (Lipinski definition) is 1. The molecule has 0 fully saturated rings. The van der Waals surface area contributed by atoms with Crippen LogP contribution in [-0.2, 0) is 22.6 Å². The monoisotopic (exact) mass is 452 g/mol. The molecule has 3 aromatic carbocycles. The lowest BCUT2D eigenvalue weighted by molar-refractivity contribution is -0.119. The maximum atomic E-state index is 13.0. The minimum atomic E-state index is -0.128. The van der Waals surface area contributed by atoms with Gasteiger partial charge in [-0.15, -0.1) is 0 Å². The molecule has 1 N–H and O–H groups in total. The average molecular weight is 453 g/mol. The lowest BCUT2D eigenvalue weighted by Gasteiger charge is -2.18. The summed E-state index contributed by atoms with van der Waals surface area (Å²) < 4.78 is 1.98. The number of nitrogens with one attached hydrogen (secondary N) is 1. The van der Waals surface area contributed by atoms with Crippen molar-refractivity contribution in [1.82, 2.24) is 14.9 Å². The van der Waals surface area contributed by atoms with Crippen LogP contribution in [0.3, 0.4) is 0 Å². The van der Waals surface area contributed by atoms with E-state index < -0.39 is 0 Å². The SMILES string of the molecule is CN(C(=O)Cn1c(CCCNC(=O)/C=C\c2ccccc2)nc2ccccc21)c1ccccc1. The zero-order valence-electron chi connectivity index (χ0n) is 19.2. The number of benzene rings is 3. The number of carbonyl (C=O) groups excluding carboxylic acids is 2. The Morgan fingerprint density at radius 3 is 2.38 bits per heavy atom. The summed E-state index contributed by atoms with van der Waals surface area (Å²) in [7, 11) is 1.79. The van der Waals surface area contributed by atoms with Gasteiger partial charge in [-0.3, -0.25) is 9.59 Å². The summed E-state index contributed by atoms with van der Waals surface area (Å²) in [5, 5.41) is 2.92. The number of para-hydroxylation sites is 3. The first-order valence-electron chi connectivity index (χ1n) is 11.4. The highest BCUT2D eigenvalue weighted by atomic mass is 16.2. The van der Waals surface area contributed by atoms with Gasteiger partial charge in [-0.05, 0) is 42.3 Å². The lowest BCUT2D eigenvalue weighted by Crippen LogP contribution is -2.30. The molecule has 0 atom stereocenters. The number of likely N-dealkylation sites (N-methyl/N-ethyl adjacent to an activating group) is 1. The van der Waals surface area contributed by atoms with Gasteiger partial charge in [0.15, 0.2) is 0 Å². The minimum Gasteiger partial charge on any atom is -0.353 e. The zero-order valence-corrected chi connectivity index (χ0v) is 19.2. The van der Waals surface area contributed by atoms with Gasteiger partial charge in [0.2, 0.25) is 11.8 Å². The van der Waals surface area contributed by atoms with Crippen molar-refractivity contribution in [2.45, 2.75) is 19.4 Å². The van der Waals surface area contributed by atoms with Crippen LogP contribution in [0.4, 0.5) is 5.69 Å². The second-order valence-electron chi connectivity index (χ2n) is 8.03. The van der Waals surface area contributed by atoms with Crippen LogP contribution >= 0.6 is 0 Å². The Morgan fingerprint density at radius 2 is 1.62 bits per heavy atom. The van der Waals surface area contributed by atoms with Crippen LogP contribution in [0, 0.1) is 0 Å². The lowest BCUT2D eigenvalue weighted by atomic mass is 10.2. The highest BCUT2D eigenvalue weighted by Crippen LogP contribution is 2.19. The standard InChI is InChI=1S/C28H28N4O2/c1-31(23-13-6-3-7-14-23)28(34)21-32-25-16-9-8-15-24(25)30-26(32)17-10-20-29-27(33)19-18-22-11-4-2-5-12-22/h2-9,11-16,18-19H,10,17,20-21H2,1H3,(H,29,33)/b19-18-. The first-order chi connectivity index (χ1) is 16.6. The first-order valence-corrected chi connectivity index (χ1v) is 11.4. The van der Waals surface area contributed by atoms with Gasteiger partial charge < -0.3 is 14.8 Å². The number of rotatable bonds is 9. The minimum absolute atomic E-state index is 0.0186. The third kappa shape index (κ3) is 5.78. The van der Waals surface area contributed by atoms with Crippen LogP contribution in [0.15, 0.2) is 91.0 Å². The number of imidazole rings is 1. The predicted octanol–water partition coefficient (Wildman–Crippen LogP) is 4.46. The zero-order chi connectivity index (χ0) is 23.8. The van der Waals surface area contributed by atoms with E-state index in [2.05, 4.69) is 5.32 Å². The number of hydrogen-bond acceptors (Lipinski definition) is 3. The van der Waals surface area contributed by atoms with Crippen molar-refractivity contribution in [2.24, 2.45) is 0 Å². The summed E-state index contributed by atoms with van der Waals surface area (Å²) in [4.78, 5) is 31.6. The van der Waals surface area contributed by atoms with E-state index in [1.54, 1.807) is 24.1 Å². The summed E-state index contributed by atoms with van der Waals surface area (Å²) in [6.07, 6.45) is 4.71. The molecule has 0 saturated heterocycles. The second-order valence-corrected chi connectivity index (χ2v) is 8.03. The molecule has 172 valence electrons. The Morgan fingerprint density at radius 1 is 0.941 bits per heavy atom. The maximum absolute atomic E-state index is 13.0. The quantitative estimate of drug-likeness (QED) is 0.301. The van der Waals surface area contributed by atoms with Crippen molar-refractivity contribution in [2.75, 3.05) is 18.5 Å². The molecule has 0 saturated carbocycles. The van der Waals surface area contributed by atoms with Crippen LogP contribution in [0.25, 0.3) is 17.1 Å². The van der Waals surface area contributed by atoms with Crippen molar-refractivity contribution < 1.29 is 9.59 Å². The fourth-order valence-electron chi connectivity index (χ4n) is 3.78. The number of carbonyl (C=O) groups is 2. The highest BCUT2D eigenvalue weighted by molar-refractivity contribution is 5.93. The molecule has 0 aliphatic rings. The van der Waals surface area contributed by atoms with E-state index in [1.165, 1.54) is 0 Å².